The van der Waals surface area contributed by atoms with Gasteiger partial charge in [-0.05, 0) is 25.0 Å². The van der Waals surface area contributed by atoms with Crippen LogP contribution in [-0.4, -0.2) is 31.8 Å². The lowest BCUT2D eigenvalue weighted by Gasteiger charge is -2.18. The maximum atomic E-state index is 6.23. The third-order valence-electron chi connectivity index (χ3n) is 3.37. The molecule has 0 aliphatic carbocycles. The molecule has 0 atom stereocenters. The van der Waals surface area contributed by atoms with Gasteiger partial charge in [0.25, 0.3) is 0 Å². The van der Waals surface area contributed by atoms with Gasteiger partial charge in [-0.3, -0.25) is 4.99 Å². The van der Waals surface area contributed by atoms with E-state index in [9.17, 15) is 0 Å². The Morgan fingerprint density at radius 1 is 1.42 bits per heavy atom. The summed E-state index contributed by atoms with van der Waals surface area (Å²) in [5, 5.41) is 2.89. The van der Waals surface area contributed by atoms with E-state index in [1.54, 1.807) is 19.4 Å². The molecule has 0 saturated heterocycles. The van der Waals surface area contributed by atoms with Crippen molar-refractivity contribution in [3.8, 4) is 0 Å². The van der Waals surface area contributed by atoms with Crippen molar-refractivity contribution in [1.82, 2.24) is 10.3 Å². The van der Waals surface area contributed by atoms with Crippen LogP contribution in [0.4, 0.5) is 5.82 Å². The topological polar surface area (TPSA) is 92.6 Å². The molecule has 5 N–H and O–H groups in total. The van der Waals surface area contributed by atoms with Gasteiger partial charge in [-0.1, -0.05) is 19.6 Å². The molecule has 1 aromatic rings. The van der Waals surface area contributed by atoms with Crippen LogP contribution in [0, 0.1) is 0 Å². The molecule has 6 heteroatoms. The molecule has 1 aromatic heterocycles. The van der Waals surface area contributed by atoms with Crippen molar-refractivity contribution < 1.29 is 0 Å². The molecule has 6 nitrogen and oxygen atoms in total. The van der Waals surface area contributed by atoms with E-state index in [1.165, 1.54) is 0 Å². The lowest BCUT2D eigenvalue weighted by molar-refractivity contribution is 1.03. The average molecular weight is 328 g/mol. The quantitative estimate of drug-likeness (QED) is 0.667. The first-order valence-corrected chi connectivity index (χ1v) is 7.80. The molecular weight excluding hydrogens is 300 g/mol. The molecule has 1 heterocycles. The van der Waals surface area contributed by atoms with Gasteiger partial charge in [0.15, 0.2) is 0 Å². The van der Waals surface area contributed by atoms with E-state index in [1.807, 2.05) is 38.1 Å². The summed E-state index contributed by atoms with van der Waals surface area (Å²) in [6.45, 7) is 7.61. The fourth-order valence-corrected chi connectivity index (χ4v) is 2.29. The Hall–Kier alpha value is -2.76. The largest absolute Gasteiger partial charge is 0.398 e. The Labute approximate surface area is 144 Å². The number of rotatable bonds is 7. The Balaban J connectivity index is 3.39. The molecular formula is C18H28N6. The number of aromatic nitrogens is 1. The van der Waals surface area contributed by atoms with Gasteiger partial charge in [-0.2, -0.15) is 0 Å². The lowest BCUT2D eigenvalue weighted by Crippen LogP contribution is -2.17. The molecule has 0 bridgehead atoms. The molecule has 0 fully saturated rings. The summed E-state index contributed by atoms with van der Waals surface area (Å²) in [5.74, 6) is 1.20. The van der Waals surface area contributed by atoms with Crippen molar-refractivity contribution >= 4 is 17.2 Å². The van der Waals surface area contributed by atoms with Crippen LogP contribution in [0.1, 0.15) is 31.4 Å². The third kappa shape index (κ3) is 4.87. The Bertz CT molecular complexity index is 683. The first-order chi connectivity index (χ1) is 11.3. The van der Waals surface area contributed by atoms with Crippen molar-refractivity contribution in [1.29, 1.82) is 0 Å². The second-order valence-corrected chi connectivity index (χ2v) is 5.63. The molecule has 0 spiro atoms. The zero-order valence-electron chi connectivity index (χ0n) is 15.2. The fourth-order valence-electron chi connectivity index (χ4n) is 2.29. The highest BCUT2D eigenvalue weighted by atomic mass is 15.1. The molecule has 0 radical (unpaired) electrons. The molecule has 1 rings (SSSR count). The molecule has 0 aliphatic rings. The van der Waals surface area contributed by atoms with Crippen LogP contribution in [0.2, 0.25) is 0 Å². The zero-order valence-corrected chi connectivity index (χ0v) is 15.2. The van der Waals surface area contributed by atoms with Crippen molar-refractivity contribution in [2.24, 2.45) is 16.5 Å². The Morgan fingerprint density at radius 2 is 2.08 bits per heavy atom. The summed E-state index contributed by atoms with van der Waals surface area (Å²) >= 11 is 0. The van der Waals surface area contributed by atoms with Gasteiger partial charge in [0.1, 0.15) is 5.82 Å². The number of anilines is 1. The summed E-state index contributed by atoms with van der Waals surface area (Å²) in [7, 11) is 5.64. The average Bonchev–Trinajstić information content (AvgIpc) is 2.53. The molecule has 24 heavy (non-hydrogen) atoms. The van der Waals surface area contributed by atoms with Crippen LogP contribution < -0.4 is 21.7 Å². The second-order valence-electron chi connectivity index (χ2n) is 5.63. The number of aliphatic imine (C=N–C) groups is 1. The minimum Gasteiger partial charge on any atom is -0.398 e. The van der Waals surface area contributed by atoms with Gasteiger partial charge in [0.05, 0.1) is 11.5 Å². The minimum atomic E-state index is 0.377. The number of pyridine rings is 1. The molecule has 0 aromatic carbocycles. The van der Waals surface area contributed by atoms with Crippen LogP contribution in [-0.2, 0) is 0 Å². The molecule has 0 amide bonds. The van der Waals surface area contributed by atoms with E-state index in [4.69, 9.17) is 11.5 Å². The van der Waals surface area contributed by atoms with Gasteiger partial charge >= 0.3 is 0 Å². The third-order valence-corrected chi connectivity index (χ3v) is 3.37. The van der Waals surface area contributed by atoms with Crippen molar-refractivity contribution in [2.75, 3.05) is 26.0 Å². The highest BCUT2D eigenvalue weighted by Crippen LogP contribution is 2.23. The van der Waals surface area contributed by atoms with Crippen molar-refractivity contribution in [2.45, 2.75) is 20.3 Å². The van der Waals surface area contributed by atoms with Crippen LogP contribution in [0.15, 0.2) is 47.5 Å². The van der Waals surface area contributed by atoms with E-state index >= 15 is 0 Å². The van der Waals surface area contributed by atoms with E-state index in [2.05, 4.69) is 28.8 Å². The molecule has 0 unspecified atom stereocenters. The van der Waals surface area contributed by atoms with Crippen molar-refractivity contribution in [3.63, 3.8) is 0 Å². The summed E-state index contributed by atoms with van der Waals surface area (Å²) in [6.07, 6.45) is 6.42. The van der Waals surface area contributed by atoms with E-state index in [0.29, 0.717) is 11.5 Å². The number of hydrogen-bond acceptors (Lipinski definition) is 6. The zero-order chi connectivity index (χ0) is 18.3. The number of nitrogens with two attached hydrogens (primary N) is 2. The highest BCUT2D eigenvalue weighted by Gasteiger charge is 2.13. The van der Waals surface area contributed by atoms with Gasteiger partial charge in [-0.25, -0.2) is 4.98 Å². The van der Waals surface area contributed by atoms with Crippen LogP contribution >= 0.6 is 0 Å². The predicted molar refractivity (Wildman–Crippen MR) is 104 cm³/mol. The number of hydrogen-bond donors (Lipinski definition) is 3. The Kier molecular flexibility index (Phi) is 7.04. The number of allylic oxidation sites excluding steroid dienone is 2. The summed E-state index contributed by atoms with van der Waals surface area (Å²) < 4.78 is 0. The van der Waals surface area contributed by atoms with Gasteiger partial charge in [0.2, 0.25) is 0 Å². The maximum Gasteiger partial charge on any atom is 0.137 e. The highest BCUT2D eigenvalue weighted by molar-refractivity contribution is 6.12. The summed E-state index contributed by atoms with van der Waals surface area (Å²) in [6, 6.07) is 2.01. The molecule has 130 valence electrons. The SMILES string of the molecule is C=C(N)N/C=C(C)/C(=N\C)c1cnc(N(C)C)c(/C(N)=C/CC)c1. The minimum absolute atomic E-state index is 0.377. The van der Waals surface area contributed by atoms with Crippen LogP contribution in [0.3, 0.4) is 0 Å². The predicted octanol–water partition coefficient (Wildman–Crippen LogP) is 2.20. The van der Waals surface area contributed by atoms with E-state index in [0.717, 1.165) is 34.7 Å². The first kappa shape index (κ1) is 19.3. The Morgan fingerprint density at radius 3 is 2.58 bits per heavy atom. The maximum absolute atomic E-state index is 6.23. The monoisotopic (exact) mass is 328 g/mol. The van der Waals surface area contributed by atoms with Crippen LogP contribution in [0.5, 0.6) is 0 Å². The summed E-state index contributed by atoms with van der Waals surface area (Å²) in [4.78, 5) is 10.9. The number of nitrogens with zero attached hydrogens (tertiary/aromatic N) is 3. The standard InChI is InChI=1S/C18H28N6/c1-7-8-16(20)15-9-14(11-23-18(15)24(5)6)17(21-4)12(2)10-22-13(3)19/h8-11,22H,3,7,19-20H2,1-2,4-6H3/b12-10+,16-8-,21-17+. The fraction of sp³-hybridized carbons (Fsp3) is 0.333. The van der Waals surface area contributed by atoms with E-state index in [-0.39, 0.29) is 0 Å². The van der Waals surface area contributed by atoms with Crippen molar-refractivity contribution in [3.05, 3.63) is 53.6 Å². The number of nitrogens with one attached hydrogen (secondary N) is 1. The smallest absolute Gasteiger partial charge is 0.137 e. The second kappa shape index (κ2) is 8.76. The molecule has 0 saturated carbocycles. The van der Waals surface area contributed by atoms with Crippen LogP contribution in [0.25, 0.3) is 5.70 Å². The normalized spacial score (nSPS) is 13.0. The first-order valence-electron chi connectivity index (χ1n) is 7.80. The summed E-state index contributed by atoms with van der Waals surface area (Å²) in [5.41, 5.74) is 16.0. The molecule has 0 aliphatic heterocycles. The lowest BCUT2D eigenvalue weighted by atomic mass is 10.0. The van der Waals surface area contributed by atoms with Gasteiger partial charge in [0, 0.05) is 50.4 Å². The van der Waals surface area contributed by atoms with Gasteiger partial charge in [-0.15, -0.1) is 0 Å². The van der Waals surface area contributed by atoms with Gasteiger partial charge < -0.3 is 21.7 Å². The van der Waals surface area contributed by atoms with E-state index < -0.39 is 0 Å².